The topological polar surface area (TPSA) is 128 Å². The van der Waals surface area contributed by atoms with Crippen LogP contribution in [0.25, 0.3) is 16.6 Å². The van der Waals surface area contributed by atoms with E-state index < -0.39 is 30.6 Å². The van der Waals surface area contributed by atoms with Crippen molar-refractivity contribution >= 4 is 22.7 Å². The molecule has 0 aliphatic heterocycles. The number of alkyl halides is 2. The molecule has 0 saturated heterocycles. The summed E-state index contributed by atoms with van der Waals surface area (Å²) < 4.78 is 40.4. The molecule has 0 unspecified atom stereocenters. The van der Waals surface area contributed by atoms with Crippen LogP contribution >= 0.6 is 0 Å². The summed E-state index contributed by atoms with van der Waals surface area (Å²) in [4.78, 5) is 29.1. The second-order valence-corrected chi connectivity index (χ2v) is 10.6. The number of aliphatic hydroxyl groups is 1. The maximum Gasteiger partial charge on any atom is 0.321 e. The molecule has 5 rings (SSSR count). The van der Waals surface area contributed by atoms with Crippen molar-refractivity contribution in [3.8, 4) is 17.3 Å². The molecule has 3 N–H and O–H groups in total. The Bertz CT molecular complexity index is 1580. The van der Waals surface area contributed by atoms with Gasteiger partial charge in [-0.3, -0.25) is 9.59 Å². The monoisotopic (exact) mass is 593 g/mol. The fourth-order valence-corrected chi connectivity index (χ4v) is 5.13. The number of halogens is 2. The summed E-state index contributed by atoms with van der Waals surface area (Å²) >= 11 is 0. The summed E-state index contributed by atoms with van der Waals surface area (Å²) in [7, 11) is 1.45. The number of pyridine rings is 1. The number of aliphatic hydroxyl groups excluding tert-OH is 1. The lowest BCUT2D eigenvalue weighted by atomic mass is 10.0. The van der Waals surface area contributed by atoms with Gasteiger partial charge in [-0.1, -0.05) is 18.9 Å². The Morgan fingerprint density at radius 3 is 2.58 bits per heavy atom. The van der Waals surface area contributed by atoms with Crippen LogP contribution in [0.1, 0.15) is 54.6 Å². The number of fused-ring (bicyclic) bond motifs is 1. The SMILES string of the molecule is COc1ccc([C@@H](Oc2ccc3c(cnn3-c3cccc(C(=O)NC4CCCC4)c3)c2)[C@@H](CO)NC(=O)C(C)(F)F)cn1. The van der Waals surface area contributed by atoms with Gasteiger partial charge in [0.25, 0.3) is 11.8 Å². The van der Waals surface area contributed by atoms with Crippen LogP contribution in [0, 0.1) is 0 Å². The first-order valence-corrected chi connectivity index (χ1v) is 14.0. The number of aromatic nitrogens is 3. The number of hydrogen-bond donors (Lipinski definition) is 3. The minimum absolute atomic E-state index is 0.119. The lowest BCUT2D eigenvalue weighted by Crippen LogP contribution is -2.49. The zero-order valence-corrected chi connectivity index (χ0v) is 23.8. The normalized spacial score (nSPS) is 15.2. The van der Waals surface area contributed by atoms with E-state index >= 15 is 0 Å². The van der Waals surface area contributed by atoms with E-state index in [9.17, 15) is 23.5 Å². The van der Waals surface area contributed by atoms with Crippen LogP contribution in [0.4, 0.5) is 8.78 Å². The predicted octanol–water partition coefficient (Wildman–Crippen LogP) is 4.35. The van der Waals surface area contributed by atoms with Gasteiger partial charge in [0.2, 0.25) is 5.88 Å². The number of nitrogens with zero attached hydrogens (tertiary/aromatic N) is 3. The van der Waals surface area contributed by atoms with E-state index in [-0.39, 0.29) is 11.9 Å². The van der Waals surface area contributed by atoms with Crippen LogP contribution < -0.4 is 20.1 Å². The highest BCUT2D eigenvalue weighted by molar-refractivity contribution is 5.95. The van der Waals surface area contributed by atoms with E-state index in [1.807, 2.05) is 6.07 Å². The van der Waals surface area contributed by atoms with Gasteiger partial charge in [-0.25, -0.2) is 9.67 Å². The van der Waals surface area contributed by atoms with E-state index in [2.05, 4.69) is 20.7 Å². The molecule has 1 aliphatic rings. The Hall–Kier alpha value is -4.58. The Balaban J connectivity index is 1.41. The van der Waals surface area contributed by atoms with Gasteiger partial charge >= 0.3 is 5.92 Å². The first-order chi connectivity index (χ1) is 20.7. The van der Waals surface area contributed by atoms with Gasteiger partial charge in [-0.2, -0.15) is 13.9 Å². The maximum atomic E-state index is 13.7. The highest BCUT2D eigenvalue weighted by Crippen LogP contribution is 2.30. The quantitative estimate of drug-likeness (QED) is 0.236. The molecule has 226 valence electrons. The molecule has 4 aromatic rings. The Labute approximate surface area is 247 Å². The average molecular weight is 594 g/mol. The number of hydrogen-bond acceptors (Lipinski definition) is 7. The van der Waals surface area contributed by atoms with Crippen LogP contribution in [-0.4, -0.2) is 63.4 Å². The number of benzene rings is 2. The third kappa shape index (κ3) is 6.91. The molecule has 12 heteroatoms. The third-order valence-electron chi connectivity index (χ3n) is 7.42. The molecule has 0 spiro atoms. The second kappa shape index (κ2) is 12.7. The molecular formula is C31H33F2N5O5. The first kappa shape index (κ1) is 29.9. The number of rotatable bonds is 11. The Morgan fingerprint density at radius 1 is 1.12 bits per heavy atom. The lowest BCUT2D eigenvalue weighted by Gasteiger charge is -2.28. The van der Waals surface area contributed by atoms with Crippen molar-refractivity contribution in [2.45, 2.75) is 56.7 Å². The van der Waals surface area contributed by atoms with Crippen molar-refractivity contribution in [2.75, 3.05) is 13.7 Å². The van der Waals surface area contributed by atoms with E-state index in [1.165, 1.54) is 13.3 Å². The molecule has 1 aliphatic carbocycles. The van der Waals surface area contributed by atoms with Crippen molar-refractivity contribution in [1.29, 1.82) is 0 Å². The van der Waals surface area contributed by atoms with Crippen molar-refractivity contribution in [3.63, 3.8) is 0 Å². The molecular weight excluding hydrogens is 560 g/mol. The first-order valence-electron chi connectivity index (χ1n) is 14.0. The summed E-state index contributed by atoms with van der Waals surface area (Å²) in [6, 6.07) is 14.5. The summed E-state index contributed by atoms with van der Waals surface area (Å²) in [6.07, 6.45) is 6.22. The molecule has 2 aromatic heterocycles. The van der Waals surface area contributed by atoms with Crippen molar-refractivity contribution in [1.82, 2.24) is 25.4 Å². The Kier molecular flexibility index (Phi) is 8.86. The van der Waals surface area contributed by atoms with E-state index in [0.717, 1.165) is 31.2 Å². The van der Waals surface area contributed by atoms with Gasteiger partial charge in [0, 0.05) is 41.7 Å². The van der Waals surface area contributed by atoms with Crippen LogP contribution in [0.3, 0.4) is 0 Å². The summed E-state index contributed by atoms with van der Waals surface area (Å²) in [5.74, 6) is -4.66. The summed E-state index contributed by atoms with van der Waals surface area (Å²) in [5, 5.41) is 20.6. The van der Waals surface area contributed by atoms with Crippen LogP contribution in [-0.2, 0) is 4.79 Å². The van der Waals surface area contributed by atoms with Gasteiger partial charge in [-0.15, -0.1) is 0 Å². The molecule has 1 saturated carbocycles. The van der Waals surface area contributed by atoms with Crippen molar-refractivity contribution in [3.05, 3.63) is 78.1 Å². The number of nitrogens with one attached hydrogen (secondary N) is 2. The molecule has 43 heavy (non-hydrogen) atoms. The minimum atomic E-state index is -3.65. The van der Waals surface area contributed by atoms with Gasteiger partial charge in [0.15, 0.2) is 0 Å². The van der Waals surface area contributed by atoms with Crippen molar-refractivity contribution < 1.29 is 33.0 Å². The number of methoxy groups -OCH3 is 1. The molecule has 2 atom stereocenters. The van der Waals surface area contributed by atoms with Crippen LogP contribution in [0.15, 0.2) is 67.0 Å². The van der Waals surface area contributed by atoms with E-state index in [4.69, 9.17) is 9.47 Å². The van der Waals surface area contributed by atoms with Gasteiger partial charge in [0.05, 0.1) is 37.2 Å². The van der Waals surface area contributed by atoms with Gasteiger partial charge in [0.1, 0.15) is 11.9 Å². The highest BCUT2D eigenvalue weighted by Gasteiger charge is 2.36. The molecule has 0 bridgehead atoms. The number of ether oxygens (including phenoxy) is 2. The van der Waals surface area contributed by atoms with E-state index in [1.54, 1.807) is 59.4 Å². The number of carbonyl (C=O) groups excluding carboxylic acids is 2. The van der Waals surface area contributed by atoms with Crippen LogP contribution in [0.2, 0.25) is 0 Å². The third-order valence-corrected chi connectivity index (χ3v) is 7.42. The highest BCUT2D eigenvalue weighted by atomic mass is 19.3. The fourth-order valence-electron chi connectivity index (χ4n) is 5.13. The van der Waals surface area contributed by atoms with Gasteiger partial charge < -0.3 is 25.2 Å². The molecule has 0 radical (unpaired) electrons. The Morgan fingerprint density at radius 2 is 1.91 bits per heavy atom. The standard InChI is InChI=1S/C31H33F2N5O5/c1-31(32,33)30(41)37-25(18-39)28(20-10-13-27(42-2)34-16-20)43-24-11-12-26-21(15-24)17-35-38(26)23-9-5-6-19(14-23)29(40)36-22-7-3-4-8-22/h5-6,9-17,22,25,28,39H,3-4,7-8,18H2,1-2H3,(H,36,40)(H,37,41)/t25-,28-/m1/s1. The zero-order chi connectivity index (χ0) is 30.6. The molecule has 2 amide bonds. The molecule has 2 aromatic carbocycles. The maximum absolute atomic E-state index is 13.7. The molecule has 10 nitrogen and oxygen atoms in total. The smallest absolute Gasteiger partial charge is 0.321 e. The van der Waals surface area contributed by atoms with Gasteiger partial charge in [-0.05, 0) is 55.3 Å². The number of carbonyl (C=O) groups is 2. The molecule has 2 heterocycles. The minimum Gasteiger partial charge on any atom is -0.483 e. The van der Waals surface area contributed by atoms with Crippen LogP contribution in [0.5, 0.6) is 11.6 Å². The average Bonchev–Trinajstić information content (AvgIpc) is 3.68. The predicted molar refractivity (Wildman–Crippen MR) is 155 cm³/mol. The molecule has 1 fully saturated rings. The fraction of sp³-hybridized carbons (Fsp3) is 0.355. The van der Waals surface area contributed by atoms with Crippen molar-refractivity contribution in [2.24, 2.45) is 0 Å². The second-order valence-electron chi connectivity index (χ2n) is 10.6. The summed E-state index contributed by atoms with van der Waals surface area (Å²) in [5.41, 5.74) is 2.40. The zero-order valence-electron chi connectivity index (χ0n) is 23.8. The lowest BCUT2D eigenvalue weighted by molar-refractivity contribution is -0.145. The summed E-state index contributed by atoms with van der Waals surface area (Å²) in [6.45, 7) is -0.200. The van der Waals surface area contributed by atoms with E-state index in [0.29, 0.717) is 40.8 Å². The largest absolute Gasteiger partial charge is 0.483 e. The number of amides is 2.